The van der Waals surface area contributed by atoms with Crippen LogP contribution in [0.25, 0.3) is 0 Å². The van der Waals surface area contributed by atoms with Crippen molar-refractivity contribution in [3.05, 3.63) is 0 Å². The molecule has 2 heteroatoms. The van der Waals surface area contributed by atoms with E-state index in [1.54, 1.807) is 12.8 Å². The number of hydrogen-bond donors (Lipinski definition) is 0. The van der Waals surface area contributed by atoms with Crippen molar-refractivity contribution in [2.24, 2.45) is 29.1 Å². The molecule has 2 saturated heterocycles. The van der Waals surface area contributed by atoms with Crippen LogP contribution < -0.4 is 0 Å². The summed E-state index contributed by atoms with van der Waals surface area (Å²) < 4.78 is 0. The normalized spacial score (nSPS) is 40.0. The van der Waals surface area contributed by atoms with E-state index in [0.29, 0.717) is 0 Å². The Morgan fingerprint density at radius 2 is 1.10 bits per heavy atom. The zero-order chi connectivity index (χ0) is 13.9. The summed E-state index contributed by atoms with van der Waals surface area (Å²) >= 11 is 0. The minimum Gasteiger partial charge on any atom is -0.302 e. The van der Waals surface area contributed by atoms with Gasteiger partial charge in [0, 0.05) is 39.3 Å². The van der Waals surface area contributed by atoms with Crippen LogP contribution in [0.1, 0.15) is 51.4 Å². The summed E-state index contributed by atoms with van der Waals surface area (Å²) in [6.45, 7) is 8.63. The van der Waals surface area contributed by atoms with Crippen molar-refractivity contribution in [1.82, 2.24) is 9.80 Å². The van der Waals surface area contributed by atoms with Crippen LogP contribution in [0.4, 0.5) is 0 Å². The quantitative estimate of drug-likeness (QED) is 0.783. The van der Waals surface area contributed by atoms with E-state index in [0.717, 1.165) is 29.1 Å². The molecule has 2 heterocycles. The predicted molar refractivity (Wildman–Crippen MR) is 86.2 cm³/mol. The monoisotopic (exact) mass is 288 g/mol. The number of piperidine rings is 2. The molecule has 21 heavy (non-hydrogen) atoms. The third-order valence-electron chi connectivity index (χ3n) is 7.50. The Bertz CT molecular complexity index is 348. The van der Waals surface area contributed by atoms with E-state index in [1.807, 2.05) is 0 Å². The molecule has 0 aromatic carbocycles. The summed E-state index contributed by atoms with van der Waals surface area (Å²) in [4.78, 5) is 5.76. The minimum absolute atomic E-state index is 0.778. The molecule has 2 nitrogen and oxygen atoms in total. The molecule has 5 aliphatic rings. The lowest BCUT2D eigenvalue weighted by Gasteiger charge is -2.58. The van der Waals surface area contributed by atoms with Crippen molar-refractivity contribution in [3.63, 3.8) is 0 Å². The lowest BCUT2D eigenvalue weighted by atomic mass is 9.60. The molecule has 2 aliphatic heterocycles. The molecule has 0 N–H and O–H groups in total. The first-order valence-electron chi connectivity index (χ1n) is 9.76. The zero-order valence-corrected chi connectivity index (χ0v) is 13.6. The van der Waals surface area contributed by atoms with Crippen LogP contribution in [0.3, 0.4) is 0 Å². The molecule has 0 radical (unpaired) electrons. The van der Waals surface area contributed by atoms with E-state index in [2.05, 4.69) is 9.80 Å². The number of rotatable bonds is 4. The third kappa shape index (κ3) is 2.47. The van der Waals surface area contributed by atoms with Gasteiger partial charge in [0.25, 0.3) is 0 Å². The predicted octanol–water partition coefficient (Wildman–Crippen LogP) is 3.23. The first-order chi connectivity index (χ1) is 10.3. The largest absolute Gasteiger partial charge is 0.302 e. The Morgan fingerprint density at radius 3 is 1.48 bits per heavy atom. The molecular formula is C19H32N2. The topological polar surface area (TPSA) is 6.48 Å². The van der Waals surface area contributed by atoms with Gasteiger partial charge in [-0.15, -0.1) is 0 Å². The van der Waals surface area contributed by atoms with Gasteiger partial charge in [-0.2, -0.15) is 0 Å². The number of likely N-dealkylation sites (tertiary alicyclic amines) is 2. The van der Waals surface area contributed by atoms with Crippen molar-refractivity contribution in [2.75, 3.05) is 39.3 Å². The second-order valence-electron chi connectivity index (χ2n) is 9.16. The second-order valence-corrected chi connectivity index (χ2v) is 9.16. The summed E-state index contributed by atoms with van der Waals surface area (Å²) in [7, 11) is 0. The summed E-state index contributed by atoms with van der Waals surface area (Å²) in [5, 5.41) is 0. The molecule has 0 aromatic heterocycles. The van der Waals surface area contributed by atoms with Crippen LogP contribution >= 0.6 is 0 Å². The Balaban J connectivity index is 1.33. The van der Waals surface area contributed by atoms with E-state index in [9.17, 15) is 0 Å². The highest BCUT2D eigenvalue weighted by Crippen LogP contribution is 2.55. The van der Waals surface area contributed by atoms with Crippen molar-refractivity contribution < 1.29 is 0 Å². The van der Waals surface area contributed by atoms with Gasteiger partial charge in [0.1, 0.15) is 0 Å². The van der Waals surface area contributed by atoms with Crippen LogP contribution in [0, 0.1) is 29.1 Å². The zero-order valence-electron chi connectivity index (χ0n) is 13.6. The summed E-state index contributed by atoms with van der Waals surface area (Å²) in [5.41, 5.74) is 0.778. The Labute approximate surface area is 130 Å². The Hall–Kier alpha value is -0.0800. The van der Waals surface area contributed by atoms with Gasteiger partial charge in [-0.05, 0) is 67.6 Å². The van der Waals surface area contributed by atoms with Gasteiger partial charge in [0.2, 0.25) is 0 Å². The summed E-state index contributed by atoms with van der Waals surface area (Å²) in [6, 6.07) is 0. The number of nitrogens with zero attached hydrogens (tertiary/aromatic N) is 2. The van der Waals surface area contributed by atoms with E-state index < -0.39 is 0 Å². The molecule has 0 aromatic rings. The van der Waals surface area contributed by atoms with Gasteiger partial charge < -0.3 is 9.80 Å². The maximum absolute atomic E-state index is 2.88. The van der Waals surface area contributed by atoms with E-state index >= 15 is 0 Å². The van der Waals surface area contributed by atoms with Crippen LogP contribution in [0.2, 0.25) is 0 Å². The molecule has 0 unspecified atom stereocenters. The van der Waals surface area contributed by atoms with E-state index in [1.165, 1.54) is 77.8 Å². The van der Waals surface area contributed by atoms with Gasteiger partial charge in [0.15, 0.2) is 0 Å². The van der Waals surface area contributed by atoms with E-state index in [4.69, 9.17) is 0 Å². The third-order valence-corrected chi connectivity index (χ3v) is 7.50. The van der Waals surface area contributed by atoms with Gasteiger partial charge in [-0.3, -0.25) is 0 Å². The van der Waals surface area contributed by atoms with Gasteiger partial charge in [-0.1, -0.05) is 12.8 Å². The average molecular weight is 288 g/mol. The Kier molecular flexibility index (Phi) is 3.16. The maximum Gasteiger partial charge on any atom is 0.00276 e. The first-order valence-corrected chi connectivity index (χ1v) is 9.76. The fourth-order valence-corrected chi connectivity index (χ4v) is 6.05. The standard InChI is InChI=1S/C19H32N2/c1-2-8-19(7-1)17-11-20(9-15-3-4-15)12-18(19)14-21(13-17)10-16-5-6-16/h15-18H,1-14H2/t17-,18+. The first kappa shape index (κ1) is 13.4. The molecule has 2 bridgehead atoms. The molecular weight excluding hydrogens is 256 g/mol. The fraction of sp³-hybridized carbons (Fsp3) is 1.00. The van der Waals surface area contributed by atoms with Crippen LogP contribution in [0.5, 0.6) is 0 Å². The summed E-state index contributed by atoms with van der Waals surface area (Å²) in [5.74, 6) is 4.16. The molecule has 3 aliphatic carbocycles. The highest BCUT2D eigenvalue weighted by atomic mass is 15.2. The minimum atomic E-state index is 0.778. The summed E-state index contributed by atoms with van der Waals surface area (Å²) in [6.07, 6.45) is 12.3. The molecule has 3 saturated carbocycles. The molecule has 5 fully saturated rings. The molecule has 1 spiro atoms. The highest BCUT2D eigenvalue weighted by Gasteiger charge is 2.54. The number of hydrogen-bond acceptors (Lipinski definition) is 2. The highest BCUT2D eigenvalue weighted by molar-refractivity contribution is 5.06. The van der Waals surface area contributed by atoms with Crippen LogP contribution in [-0.4, -0.2) is 49.1 Å². The second kappa shape index (κ2) is 4.96. The maximum atomic E-state index is 2.88. The van der Waals surface area contributed by atoms with E-state index in [-0.39, 0.29) is 0 Å². The van der Waals surface area contributed by atoms with Crippen LogP contribution in [-0.2, 0) is 0 Å². The lowest BCUT2D eigenvalue weighted by Crippen LogP contribution is -2.62. The SMILES string of the molecule is C1CCC2(C1)[C@H]1CN(CC3CC3)C[C@@H]2CN(CC2CC2)C1. The smallest absolute Gasteiger partial charge is 0.00276 e. The van der Waals surface area contributed by atoms with Crippen molar-refractivity contribution in [3.8, 4) is 0 Å². The van der Waals surface area contributed by atoms with Crippen LogP contribution in [0.15, 0.2) is 0 Å². The molecule has 0 atom stereocenters. The van der Waals surface area contributed by atoms with Crippen molar-refractivity contribution >= 4 is 0 Å². The Morgan fingerprint density at radius 1 is 0.667 bits per heavy atom. The molecule has 0 amide bonds. The van der Waals surface area contributed by atoms with Gasteiger partial charge in [-0.25, -0.2) is 0 Å². The van der Waals surface area contributed by atoms with Crippen molar-refractivity contribution in [2.45, 2.75) is 51.4 Å². The average Bonchev–Trinajstić information content (AvgIpc) is 3.36. The van der Waals surface area contributed by atoms with Crippen molar-refractivity contribution in [1.29, 1.82) is 0 Å². The fourth-order valence-electron chi connectivity index (χ4n) is 6.05. The molecule has 5 rings (SSSR count). The van der Waals surface area contributed by atoms with Gasteiger partial charge in [0.05, 0.1) is 0 Å². The van der Waals surface area contributed by atoms with Gasteiger partial charge >= 0.3 is 0 Å². The molecule has 118 valence electrons. The lowest BCUT2D eigenvalue weighted by molar-refractivity contribution is -0.0903.